The number of thioether (sulfide) groups is 2. The van der Waals surface area contributed by atoms with Crippen LogP contribution in [0.2, 0.25) is 0 Å². The molecule has 4 nitrogen and oxygen atoms in total. The highest BCUT2D eigenvalue weighted by Crippen LogP contribution is 2.64. The summed E-state index contributed by atoms with van der Waals surface area (Å²) in [5.74, 6) is 2.39. The SMILES string of the molecule is Cc1ccc(NC(=O)COC(=O)C2C[C@H]3CCC[C@@H](C2)C32SCCS2)cc1F. The first kappa shape index (κ1) is 20.1. The molecule has 2 aliphatic carbocycles. The predicted molar refractivity (Wildman–Crippen MR) is 112 cm³/mol. The highest BCUT2D eigenvalue weighted by molar-refractivity contribution is 8.21. The molecule has 3 atom stereocenters. The average Bonchev–Trinajstić information content (AvgIpc) is 3.12. The third-order valence-electron chi connectivity index (χ3n) is 6.25. The number of aryl methyl sites for hydroxylation is 1. The van der Waals surface area contributed by atoms with E-state index in [0.29, 0.717) is 27.2 Å². The number of ether oxygens (including phenoxy) is 1. The number of hydrogen-bond donors (Lipinski definition) is 1. The normalized spacial score (nSPS) is 28.1. The molecule has 1 saturated heterocycles. The fourth-order valence-corrected chi connectivity index (χ4v) is 8.86. The maximum absolute atomic E-state index is 13.6. The van der Waals surface area contributed by atoms with E-state index in [0.717, 1.165) is 12.8 Å². The molecule has 1 unspecified atom stereocenters. The molecule has 1 aromatic rings. The molecule has 1 aliphatic heterocycles. The third-order valence-corrected chi connectivity index (χ3v) is 10.3. The maximum Gasteiger partial charge on any atom is 0.309 e. The second kappa shape index (κ2) is 8.27. The van der Waals surface area contributed by atoms with Crippen LogP contribution in [0.1, 0.15) is 37.7 Å². The Morgan fingerprint density at radius 1 is 1.21 bits per heavy atom. The average molecular weight is 424 g/mol. The van der Waals surface area contributed by atoms with Gasteiger partial charge in [0, 0.05) is 17.2 Å². The molecule has 2 bridgehead atoms. The van der Waals surface area contributed by atoms with Gasteiger partial charge in [-0.1, -0.05) is 12.5 Å². The van der Waals surface area contributed by atoms with E-state index < -0.39 is 5.91 Å². The van der Waals surface area contributed by atoms with E-state index in [2.05, 4.69) is 28.8 Å². The lowest BCUT2D eigenvalue weighted by molar-refractivity contribution is -0.154. The molecule has 28 heavy (non-hydrogen) atoms. The Kier molecular flexibility index (Phi) is 5.93. The standard InChI is InChI=1S/C21H26FNO3S2/c1-13-5-6-17(11-18(13)22)23-19(24)12-26-20(25)14-9-15-3-2-4-16(10-14)21(15)27-7-8-28-21/h5-6,11,14-16H,2-4,7-10,12H2,1H3,(H,23,24)/t14?,15-,16+. The molecule has 1 amide bonds. The van der Waals surface area contributed by atoms with Gasteiger partial charge >= 0.3 is 5.97 Å². The van der Waals surface area contributed by atoms with Crippen LogP contribution in [0.4, 0.5) is 10.1 Å². The van der Waals surface area contributed by atoms with Crippen molar-refractivity contribution in [3.63, 3.8) is 0 Å². The van der Waals surface area contributed by atoms with Gasteiger partial charge in [0.15, 0.2) is 6.61 Å². The van der Waals surface area contributed by atoms with Crippen LogP contribution < -0.4 is 5.32 Å². The summed E-state index contributed by atoms with van der Waals surface area (Å²) in [5, 5.41) is 2.58. The molecule has 4 rings (SSSR count). The third kappa shape index (κ3) is 3.92. The Labute approximate surface area is 173 Å². The Morgan fingerprint density at radius 3 is 2.54 bits per heavy atom. The van der Waals surface area contributed by atoms with Crippen molar-refractivity contribution in [2.45, 2.75) is 43.1 Å². The molecular formula is C21H26FNO3S2. The minimum atomic E-state index is -0.439. The van der Waals surface area contributed by atoms with Gasteiger partial charge in [-0.2, -0.15) is 0 Å². The van der Waals surface area contributed by atoms with Crippen molar-refractivity contribution >= 4 is 41.1 Å². The summed E-state index contributed by atoms with van der Waals surface area (Å²) in [6, 6.07) is 4.51. The zero-order valence-corrected chi connectivity index (χ0v) is 17.7. The summed E-state index contributed by atoms with van der Waals surface area (Å²) in [7, 11) is 0. The fraction of sp³-hybridized carbons (Fsp3) is 0.619. The van der Waals surface area contributed by atoms with Crippen LogP contribution in [0.15, 0.2) is 18.2 Å². The van der Waals surface area contributed by atoms with E-state index in [-0.39, 0.29) is 24.3 Å². The monoisotopic (exact) mass is 423 g/mol. The first-order valence-electron chi connectivity index (χ1n) is 9.98. The van der Waals surface area contributed by atoms with Crippen molar-refractivity contribution in [1.82, 2.24) is 0 Å². The Hall–Kier alpha value is -1.21. The van der Waals surface area contributed by atoms with Crippen molar-refractivity contribution in [2.75, 3.05) is 23.4 Å². The van der Waals surface area contributed by atoms with Gasteiger partial charge in [0.1, 0.15) is 5.82 Å². The van der Waals surface area contributed by atoms with Crippen molar-refractivity contribution in [2.24, 2.45) is 17.8 Å². The summed E-state index contributed by atoms with van der Waals surface area (Å²) in [4.78, 5) is 24.7. The second-order valence-corrected chi connectivity index (χ2v) is 11.0. The van der Waals surface area contributed by atoms with Crippen LogP contribution >= 0.6 is 23.5 Å². The van der Waals surface area contributed by atoms with Crippen LogP contribution in [-0.2, 0) is 14.3 Å². The van der Waals surface area contributed by atoms with Gasteiger partial charge in [0.2, 0.25) is 0 Å². The van der Waals surface area contributed by atoms with Gasteiger partial charge in [-0.05, 0) is 62.1 Å². The molecule has 1 spiro atoms. The molecule has 7 heteroatoms. The highest BCUT2D eigenvalue weighted by Gasteiger charge is 2.55. The largest absolute Gasteiger partial charge is 0.455 e. The minimum Gasteiger partial charge on any atom is -0.455 e. The Balaban J connectivity index is 1.30. The molecule has 0 aromatic heterocycles. The molecular weight excluding hydrogens is 397 g/mol. The van der Waals surface area contributed by atoms with Gasteiger partial charge < -0.3 is 10.1 Å². The van der Waals surface area contributed by atoms with Gasteiger partial charge in [-0.25, -0.2) is 4.39 Å². The molecule has 3 fully saturated rings. The zero-order valence-electron chi connectivity index (χ0n) is 16.0. The number of amides is 1. The van der Waals surface area contributed by atoms with E-state index in [9.17, 15) is 14.0 Å². The summed E-state index contributed by atoms with van der Waals surface area (Å²) in [6.07, 6.45) is 5.40. The van der Waals surface area contributed by atoms with Gasteiger partial charge in [0.05, 0.1) is 10.00 Å². The van der Waals surface area contributed by atoms with Crippen molar-refractivity contribution < 1.29 is 18.7 Å². The van der Waals surface area contributed by atoms with Crippen LogP contribution in [0.3, 0.4) is 0 Å². The van der Waals surface area contributed by atoms with Gasteiger partial charge in [-0.3, -0.25) is 9.59 Å². The number of carbonyl (C=O) groups is 2. The number of anilines is 1. The lowest BCUT2D eigenvalue weighted by Crippen LogP contribution is -2.48. The first-order valence-corrected chi connectivity index (χ1v) is 12.0. The molecule has 1 heterocycles. The predicted octanol–water partition coefficient (Wildman–Crippen LogP) is 4.62. The topological polar surface area (TPSA) is 55.4 Å². The van der Waals surface area contributed by atoms with Crippen molar-refractivity contribution in [3.8, 4) is 0 Å². The summed E-state index contributed by atoms with van der Waals surface area (Å²) < 4.78 is 19.2. The van der Waals surface area contributed by atoms with Crippen LogP contribution in [0.5, 0.6) is 0 Å². The number of carbonyl (C=O) groups excluding carboxylic acids is 2. The van der Waals surface area contributed by atoms with Gasteiger partial charge in [0.25, 0.3) is 5.91 Å². The highest BCUT2D eigenvalue weighted by atomic mass is 32.2. The number of hydrogen-bond acceptors (Lipinski definition) is 5. The number of halogens is 1. The molecule has 3 aliphatic rings. The number of benzene rings is 1. The van der Waals surface area contributed by atoms with E-state index in [1.807, 2.05) is 0 Å². The summed E-state index contributed by atoms with van der Waals surface area (Å²) in [6.45, 7) is 1.34. The van der Waals surface area contributed by atoms with Crippen LogP contribution in [0.25, 0.3) is 0 Å². The lowest BCUT2D eigenvalue weighted by Gasteiger charge is -2.51. The number of rotatable bonds is 4. The summed E-state index contributed by atoms with van der Waals surface area (Å²) in [5.41, 5.74) is 0.886. The van der Waals surface area contributed by atoms with E-state index in [1.165, 1.54) is 36.8 Å². The number of esters is 1. The molecule has 152 valence electrons. The quantitative estimate of drug-likeness (QED) is 0.716. The van der Waals surface area contributed by atoms with E-state index in [4.69, 9.17) is 4.74 Å². The Morgan fingerprint density at radius 2 is 1.89 bits per heavy atom. The van der Waals surface area contributed by atoms with E-state index in [1.54, 1.807) is 19.1 Å². The lowest BCUT2D eigenvalue weighted by atomic mass is 9.67. The van der Waals surface area contributed by atoms with E-state index >= 15 is 0 Å². The van der Waals surface area contributed by atoms with Crippen molar-refractivity contribution in [1.29, 1.82) is 0 Å². The first-order chi connectivity index (χ1) is 13.5. The zero-order chi connectivity index (χ0) is 19.7. The fourth-order valence-electron chi connectivity index (χ4n) is 4.92. The van der Waals surface area contributed by atoms with Crippen LogP contribution in [-0.4, -0.2) is 34.1 Å². The van der Waals surface area contributed by atoms with Crippen molar-refractivity contribution in [3.05, 3.63) is 29.6 Å². The van der Waals surface area contributed by atoms with Crippen LogP contribution in [0, 0.1) is 30.5 Å². The maximum atomic E-state index is 13.6. The molecule has 1 aromatic carbocycles. The Bertz CT molecular complexity index is 750. The second-order valence-electron chi connectivity index (χ2n) is 8.03. The van der Waals surface area contributed by atoms with Gasteiger partial charge in [-0.15, -0.1) is 23.5 Å². The minimum absolute atomic E-state index is 0.104. The summed E-state index contributed by atoms with van der Waals surface area (Å²) >= 11 is 4.22. The number of nitrogens with one attached hydrogen (secondary N) is 1. The molecule has 2 saturated carbocycles. The molecule has 0 radical (unpaired) electrons. The smallest absolute Gasteiger partial charge is 0.309 e. The molecule has 1 N–H and O–H groups in total.